The molecule has 0 saturated carbocycles. The Kier molecular flexibility index (Phi) is 4.98. The van der Waals surface area contributed by atoms with Crippen LogP contribution >= 0.6 is 0 Å². The molecule has 0 aromatic carbocycles. The van der Waals surface area contributed by atoms with Crippen molar-refractivity contribution in [3.05, 3.63) is 12.2 Å². The van der Waals surface area contributed by atoms with E-state index in [9.17, 15) is 9.59 Å². The highest BCUT2D eigenvalue weighted by atomic mass is 16.5. The highest BCUT2D eigenvalue weighted by molar-refractivity contribution is 5.77. The predicted molar refractivity (Wildman–Crippen MR) is 57.9 cm³/mol. The molecule has 0 spiro atoms. The van der Waals surface area contributed by atoms with Crippen LogP contribution in [0.1, 0.15) is 19.8 Å². The molecule has 0 fully saturated rings. The van der Waals surface area contributed by atoms with Crippen LogP contribution in [0.5, 0.6) is 0 Å². The van der Waals surface area contributed by atoms with E-state index in [2.05, 4.69) is 5.32 Å². The molecule has 1 aliphatic rings. The molecule has 0 radical (unpaired) electrons. The molecule has 1 rings (SSSR count). The maximum absolute atomic E-state index is 11.4. The predicted octanol–water partition coefficient (Wildman–Crippen LogP) is 0.558. The fourth-order valence-corrected chi connectivity index (χ4v) is 1.58. The van der Waals surface area contributed by atoms with E-state index in [4.69, 9.17) is 9.84 Å². The summed E-state index contributed by atoms with van der Waals surface area (Å²) in [4.78, 5) is 22.0. The van der Waals surface area contributed by atoms with Crippen molar-refractivity contribution in [2.75, 3.05) is 13.2 Å². The third kappa shape index (κ3) is 4.02. The van der Waals surface area contributed by atoms with Gasteiger partial charge in [0.1, 0.15) is 0 Å². The zero-order valence-electron chi connectivity index (χ0n) is 9.31. The third-order valence-electron chi connectivity index (χ3n) is 2.42. The van der Waals surface area contributed by atoms with Gasteiger partial charge in [0.05, 0.1) is 12.5 Å². The molecule has 0 saturated heterocycles. The third-order valence-corrected chi connectivity index (χ3v) is 2.42. The Balaban J connectivity index is 2.21. The number of carboxylic acids is 1. The average Bonchev–Trinajstić information content (AvgIpc) is 2.66. The first-order chi connectivity index (χ1) is 7.63. The molecule has 90 valence electrons. The number of carbonyl (C=O) groups is 2. The van der Waals surface area contributed by atoms with Gasteiger partial charge < -0.3 is 15.2 Å². The van der Waals surface area contributed by atoms with Gasteiger partial charge in [-0.25, -0.2) is 0 Å². The second-order valence-corrected chi connectivity index (χ2v) is 3.69. The molecule has 0 bridgehead atoms. The van der Waals surface area contributed by atoms with Gasteiger partial charge in [-0.15, -0.1) is 0 Å². The lowest BCUT2D eigenvalue weighted by Crippen LogP contribution is -2.33. The summed E-state index contributed by atoms with van der Waals surface area (Å²) in [5.41, 5.74) is 0. The van der Waals surface area contributed by atoms with Gasteiger partial charge >= 0.3 is 5.97 Å². The first kappa shape index (κ1) is 12.7. The van der Waals surface area contributed by atoms with E-state index < -0.39 is 11.9 Å². The van der Waals surface area contributed by atoms with E-state index >= 15 is 0 Å². The Morgan fingerprint density at radius 2 is 2.25 bits per heavy atom. The van der Waals surface area contributed by atoms with Crippen LogP contribution in [-0.4, -0.2) is 36.2 Å². The molecule has 2 N–H and O–H groups in total. The minimum Gasteiger partial charge on any atom is -0.481 e. The summed E-state index contributed by atoms with van der Waals surface area (Å²) in [6.07, 6.45) is 4.11. The largest absolute Gasteiger partial charge is 0.481 e. The molecular weight excluding hydrogens is 210 g/mol. The zero-order valence-corrected chi connectivity index (χ0v) is 9.31. The normalized spacial score (nSPS) is 23.3. The van der Waals surface area contributed by atoms with Gasteiger partial charge in [-0.1, -0.05) is 12.2 Å². The molecule has 0 aromatic rings. The minimum atomic E-state index is -0.845. The van der Waals surface area contributed by atoms with Crippen molar-refractivity contribution in [1.82, 2.24) is 5.32 Å². The zero-order chi connectivity index (χ0) is 12.0. The fraction of sp³-hybridized carbons (Fsp3) is 0.636. The molecule has 5 heteroatoms. The molecule has 16 heavy (non-hydrogen) atoms. The summed E-state index contributed by atoms with van der Waals surface area (Å²) in [7, 11) is 0. The molecule has 2 atom stereocenters. The van der Waals surface area contributed by atoms with Crippen LogP contribution in [0.25, 0.3) is 0 Å². The molecule has 1 aliphatic carbocycles. The lowest BCUT2D eigenvalue weighted by Gasteiger charge is -2.11. The van der Waals surface area contributed by atoms with E-state index in [1.807, 2.05) is 6.92 Å². The maximum atomic E-state index is 11.4. The Morgan fingerprint density at radius 1 is 1.50 bits per heavy atom. The second-order valence-electron chi connectivity index (χ2n) is 3.69. The average molecular weight is 227 g/mol. The highest BCUT2D eigenvalue weighted by Gasteiger charge is 2.25. The second kappa shape index (κ2) is 6.27. The summed E-state index contributed by atoms with van der Waals surface area (Å²) in [5, 5.41) is 11.5. The van der Waals surface area contributed by atoms with Gasteiger partial charge in [-0.2, -0.15) is 0 Å². The van der Waals surface area contributed by atoms with Crippen LogP contribution in [0.3, 0.4) is 0 Å². The van der Waals surface area contributed by atoms with Crippen molar-refractivity contribution in [1.29, 1.82) is 0 Å². The lowest BCUT2D eigenvalue weighted by molar-refractivity contribution is -0.140. The Morgan fingerprint density at radius 3 is 2.81 bits per heavy atom. The number of carboxylic acid groups (broad SMARTS) is 1. The number of ether oxygens (including phenoxy) is 1. The van der Waals surface area contributed by atoms with Crippen LogP contribution in [0.4, 0.5) is 0 Å². The minimum absolute atomic E-state index is 0.103. The summed E-state index contributed by atoms with van der Waals surface area (Å²) >= 11 is 0. The van der Waals surface area contributed by atoms with Crippen LogP contribution in [0, 0.1) is 5.92 Å². The van der Waals surface area contributed by atoms with Crippen molar-refractivity contribution < 1.29 is 19.4 Å². The van der Waals surface area contributed by atoms with Gasteiger partial charge in [0.2, 0.25) is 5.91 Å². The topological polar surface area (TPSA) is 75.6 Å². The van der Waals surface area contributed by atoms with Gasteiger partial charge in [0.15, 0.2) is 0 Å². The number of carbonyl (C=O) groups excluding carboxylic acids is 1. The SMILES string of the molecule is CCOCCC(=O)NC1C=CC(C(=O)O)C1. The molecule has 1 amide bonds. The van der Waals surface area contributed by atoms with Crippen molar-refractivity contribution in [2.45, 2.75) is 25.8 Å². The van der Waals surface area contributed by atoms with E-state index in [-0.39, 0.29) is 11.9 Å². The van der Waals surface area contributed by atoms with Gasteiger partial charge in [-0.05, 0) is 13.3 Å². The van der Waals surface area contributed by atoms with E-state index in [1.54, 1.807) is 12.2 Å². The van der Waals surface area contributed by atoms with Gasteiger partial charge in [-0.3, -0.25) is 9.59 Å². The number of nitrogens with one attached hydrogen (secondary N) is 1. The number of hydrogen-bond acceptors (Lipinski definition) is 3. The molecule has 0 heterocycles. The van der Waals surface area contributed by atoms with Crippen molar-refractivity contribution >= 4 is 11.9 Å². The van der Waals surface area contributed by atoms with Crippen molar-refractivity contribution in [2.24, 2.45) is 5.92 Å². The number of aliphatic carboxylic acids is 1. The lowest BCUT2D eigenvalue weighted by atomic mass is 10.1. The standard InChI is InChI=1S/C11H17NO4/c1-2-16-6-5-10(13)12-9-4-3-8(7-9)11(14)15/h3-4,8-9H,2,5-7H2,1H3,(H,12,13)(H,14,15). The van der Waals surface area contributed by atoms with Crippen molar-refractivity contribution in [3.8, 4) is 0 Å². The van der Waals surface area contributed by atoms with Crippen LogP contribution in [-0.2, 0) is 14.3 Å². The first-order valence-electron chi connectivity index (χ1n) is 5.41. The van der Waals surface area contributed by atoms with Crippen LogP contribution < -0.4 is 5.32 Å². The van der Waals surface area contributed by atoms with Gasteiger partial charge in [0, 0.05) is 19.1 Å². The number of rotatable bonds is 6. The first-order valence-corrected chi connectivity index (χ1v) is 5.41. The fourth-order valence-electron chi connectivity index (χ4n) is 1.58. The Bertz CT molecular complexity index is 288. The number of hydrogen-bond donors (Lipinski definition) is 2. The van der Waals surface area contributed by atoms with Crippen LogP contribution in [0.15, 0.2) is 12.2 Å². The summed E-state index contributed by atoms with van der Waals surface area (Å²) in [6.45, 7) is 2.87. The smallest absolute Gasteiger partial charge is 0.310 e. The van der Waals surface area contributed by atoms with Crippen molar-refractivity contribution in [3.63, 3.8) is 0 Å². The van der Waals surface area contributed by atoms with E-state index in [0.29, 0.717) is 26.1 Å². The number of amides is 1. The Labute approximate surface area is 94.5 Å². The van der Waals surface area contributed by atoms with E-state index in [0.717, 1.165) is 0 Å². The molecule has 2 unspecified atom stereocenters. The summed E-state index contributed by atoms with van der Waals surface area (Å²) in [6, 6.07) is -0.157. The molecule has 0 aromatic heterocycles. The monoisotopic (exact) mass is 227 g/mol. The Hall–Kier alpha value is -1.36. The summed E-state index contributed by atoms with van der Waals surface area (Å²) < 4.78 is 5.06. The maximum Gasteiger partial charge on any atom is 0.310 e. The summed E-state index contributed by atoms with van der Waals surface area (Å²) in [5.74, 6) is -1.42. The van der Waals surface area contributed by atoms with E-state index in [1.165, 1.54) is 0 Å². The quantitative estimate of drug-likeness (QED) is 0.513. The molecular formula is C11H17NO4. The molecule has 0 aliphatic heterocycles. The molecule has 5 nitrogen and oxygen atoms in total. The van der Waals surface area contributed by atoms with Crippen LogP contribution in [0.2, 0.25) is 0 Å². The van der Waals surface area contributed by atoms with Gasteiger partial charge in [0.25, 0.3) is 0 Å². The highest BCUT2D eigenvalue weighted by Crippen LogP contribution is 2.17.